The Morgan fingerprint density at radius 3 is 2.47 bits per heavy atom. The molecule has 1 atom stereocenters. The van der Waals surface area contributed by atoms with E-state index in [4.69, 9.17) is 10.5 Å². The average molecular weight is 236 g/mol. The van der Waals surface area contributed by atoms with E-state index in [1.165, 1.54) is 11.1 Å². The van der Waals surface area contributed by atoms with Crippen molar-refractivity contribution in [2.45, 2.75) is 32.5 Å². The lowest BCUT2D eigenvalue weighted by Crippen LogP contribution is -2.36. The molecule has 0 heterocycles. The molecule has 0 aliphatic carbocycles. The largest absolute Gasteiger partial charge is 0.380 e. The molecule has 0 saturated heterocycles. The summed E-state index contributed by atoms with van der Waals surface area (Å²) in [5.41, 5.74) is 8.42. The van der Waals surface area contributed by atoms with Crippen LogP contribution in [0.4, 0.5) is 0 Å². The smallest absolute Gasteiger partial charge is 0.0716 e. The Morgan fingerprint density at radius 1 is 1.29 bits per heavy atom. The fourth-order valence-electron chi connectivity index (χ4n) is 2.02. The number of methoxy groups -OCH3 is 1. The Hall–Kier alpha value is -0.900. The number of rotatable bonds is 6. The molecular formula is C14H24N2O. The highest BCUT2D eigenvalue weighted by atomic mass is 16.5. The zero-order chi connectivity index (χ0) is 12.8. The van der Waals surface area contributed by atoms with Crippen molar-refractivity contribution in [2.24, 2.45) is 5.73 Å². The fourth-order valence-corrected chi connectivity index (χ4v) is 2.02. The van der Waals surface area contributed by atoms with Crippen molar-refractivity contribution in [1.29, 1.82) is 0 Å². The van der Waals surface area contributed by atoms with Crippen molar-refractivity contribution in [3.05, 3.63) is 35.4 Å². The van der Waals surface area contributed by atoms with Gasteiger partial charge in [-0.05, 0) is 32.0 Å². The lowest BCUT2D eigenvalue weighted by Gasteiger charge is -2.32. The number of nitrogens with two attached hydrogens (primary N) is 1. The van der Waals surface area contributed by atoms with Crippen molar-refractivity contribution in [3.63, 3.8) is 0 Å². The first kappa shape index (κ1) is 14.2. The average Bonchev–Trinajstić information content (AvgIpc) is 2.32. The zero-order valence-corrected chi connectivity index (χ0v) is 11.3. The van der Waals surface area contributed by atoms with Gasteiger partial charge in [0.1, 0.15) is 0 Å². The van der Waals surface area contributed by atoms with E-state index in [0.29, 0.717) is 19.2 Å². The van der Waals surface area contributed by atoms with Crippen LogP contribution in [0, 0.1) is 0 Å². The van der Waals surface area contributed by atoms with Gasteiger partial charge in [0.2, 0.25) is 0 Å². The normalized spacial score (nSPS) is 13.4. The molecule has 0 spiro atoms. The van der Waals surface area contributed by atoms with Crippen LogP contribution in [0.25, 0.3) is 0 Å². The Bertz CT molecular complexity index is 339. The molecule has 2 N–H and O–H groups in total. The van der Waals surface area contributed by atoms with Crippen LogP contribution in [0.1, 0.15) is 31.0 Å². The third kappa shape index (κ3) is 3.53. The molecule has 96 valence electrons. The molecule has 17 heavy (non-hydrogen) atoms. The van der Waals surface area contributed by atoms with Crippen molar-refractivity contribution in [3.8, 4) is 0 Å². The second-order valence-corrected chi connectivity index (χ2v) is 4.64. The Labute approximate surface area is 105 Å². The summed E-state index contributed by atoms with van der Waals surface area (Å²) in [6, 6.07) is 9.08. The first-order valence-electron chi connectivity index (χ1n) is 6.10. The number of ether oxygens (including phenoxy) is 1. The number of likely N-dealkylation sites (N-methyl/N-ethyl adjacent to an activating group) is 1. The third-order valence-corrected chi connectivity index (χ3v) is 3.24. The van der Waals surface area contributed by atoms with Crippen LogP contribution in [0.3, 0.4) is 0 Å². The summed E-state index contributed by atoms with van der Waals surface area (Å²) in [4.78, 5) is 2.30. The van der Waals surface area contributed by atoms with Crippen LogP contribution < -0.4 is 5.73 Å². The lowest BCUT2D eigenvalue weighted by atomic mass is 9.99. The van der Waals surface area contributed by atoms with Crippen LogP contribution in [-0.2, 0) is 11.3 Å². The Kier molecular flexibility index (Phi) is 5.62. The van der Waals surface area contributed by atoms with Gasteiger partial charge >= 0.3 is 0 Å². The molecule has 0 bridgehead atoms. The van der Waals surface area contributed by atoms with Gasteiger partial charge in [0, 0.05) is 25.7 Å². The summed E-state index contributed by atoms with van der Waals surface area (Å²) in [6.45, 7) is 5.62. The van der Waals surface area contributed by atoms with E-state index >= 15 is 0 Å². The molecule has 0 aliphatic rings. The highest BCUT2D eigenvalue weighted by Gasteiger charge is 2.19. The maximum absolute atomic E-state index is 5.93. The molecule has 0 amide bonds. The van der Waals surface area contributed by atoms with Gasteiger partial charge < -0.3 is 10.5 Å². The molecule has 1 aromatic carbocycles. The molecule has 3 heteroatoms. The lowest BCUT2D eigenvalue weighted by molar-refractivity contribution is 0.174. The first-order valence-corrected chi connectivity index (χ1v) is 6.10. The molecule has 0 aromatic heterocycles. The van der Waals surface area contributed by atoms with E-state index in [-0.39, 0.29) is 6.04 Å². The van der Waals surface area contributed by atoms with E-state index in [2.05, 4.69) is 44.0 Å². The molecule has 0 fully saturated rings. The molecule has 3 nitrogen and oxygen atoms in total. The maximum atomic E-state index is 5.93. The quantitative estimate of drug-likeness (QED) is 0.822. The standard InChI is InChI=1S/C14H24N2O/c1-11(2)16(3)14(9-15)13-8-6-5-7-12(13)10-17-4/h5-8,11,14H,9-10,15H2,1-4H3. The van der Waals surface area contributed by atoms with Crippen molar-refractivity contribution >= 4 is 0 Å². The second kappa shape index (κ2) is 6.74. The van der Waals surface area contributed by atoms with Gasteiger partial charge in [0.25, 0.3) is 0 Å². The van der Waals surface area contributed by atoms with Crippen molar-refractivity contribution in [2.75, 3.05) is 20.7 Å². The Balaban J connectivity index is 3.02. The van der Waals surface area contributed by atoms with Gasteiger partial charge in [-0.1, -0.05) is 24.3 Å². The minimum atomic E-state index is 0.251. The predicted molar refractivity (Wildman–Crippen MR) is 71.8 cm³/mol. The van der Waals surface area contributed by atoms with Crippen LogP contribution in [0.5, 0.6) is 0 Å². The highest BCUT2D eigenvalue weighted by molar-refractivity contribution is 5.30. The van der Waals surface area contributed by atoms with Gasteiger partial charge in [0.05, 0.1) is 6.61 Å². The summed E-state index contributed by atoms with van der Waals surface area (Å²) < 4.78 is 5.24. The van der Waals surface area contributed by atoms with Gasteiger partial charge in [-0.2, -0.15) is 0 Å². The van der Waals surface area contributed by atoms with Gasteiger partial charge in [0.15, 0.2) is 0 Å². The highest BCUT2D eigenvalue weighted by Crippen LogP contribution is 2.24. The van der Waals surface area contributed by atoms with Crippen LogP contribution in [0.2, 0.25) is 0 Å². The summed E-state index contributed by atoms with van der Waals surface area (Å²) in [7, 11) is 3.84. The first-order chi connectivity index (χ1) is 8.11. The predicted octanol–water partition coefficient (Wildman–Crippen LogP) is 2.17. The number of hydrogen-bond acceptors (Lipinski definition) is 3. The van der Waals surface area contributed by atoms with Crippen molar-refractivity contribution in [1.82, 2.24) is 4.90 Å². The van der Waals surface area contributed by atoms with Gasteiger partial charge in [-0.15, -0.1) is 0 Å². The minimum absolute atomic E-state index is 0.251. The monoisotopic (exact) mass is 236 g/mol. The zero-order valence-electron chi connectivity index (χ0n) is 11.3. The SMILES string of the molecule is COCc1ccccc1C(CN)N(C)C(C)C. The molecule has 0 aliphatic heterocycles. The summed E-state index contributed by atoms with van der Waals surface area (Å²) in [5, 5.41) is 0. The Morgan fingerprint density at radius 2 is 1.94 bits per heavy atom. The molecule has 1 rings (SSSR count). The summed E-state index contributed by atoms with van der Waals surface area (Å²) in [5.74, 6) is 0. The number of nitrogens with zero attached hydrogens (tertiary/aromatic N) is 1. The van der Waals surface area contributed by atoms with Crippen LogP contribution in [-0.4, -0.2) is 31.6 Å². The van der Waals surface area contributed by atoms with E-state index < -0.39 is 0 Å². The fraction of sp³-hybridized carbons (Fsp3) is 0.571. The van der Waals surface area contributed by atoms with E-state index in [9.17, 15) is 0 Å². The van der Waals surface area contributed by atoms with E-state index in [0.717, 1.165) is 0 Å². The van der Waals surface area contributed by atoms with Crippen LogP contribution in [0.15, 0.2) is 24.3 Å². The topological polar surface area (TPSA) is 38.5 Å². The van der Waals surface area contributed by atoms with Crippen molar-refractivity contribution < 1.29 is 4.74 Å². The molecule has 0 saturated carbocycles. The maximum Gasteiger partial charge on any atom is 0.0716 e. The molecule has 0 radical (unpaired) electrons. The van der Waals surface area contributed by atoms with Gasteiger partial charge in [-0.3, -0.25) is 4.90 Å². The van der Waals surface area contributed by atoms with Crippen LogP contribution >= 0.6 is 0 Å². The second-order valence-electron chi connectivity index (χ2n) is 4.64. The molecule has 1 unspecified atom stereocenters. The van der Waals surface area contributed by atoms with E-state index in [1.54, 1.807) is 7.11 Å². The number of hydrogen-bond donors (Lipinski definition) is 1. The third-order valence-electron chi connectivity index (χ3n) is 3.24. The van der Waals surface area contributed by atoms with E-state index in [1.807, 2.05) is 6.07 Å². The number of benzene rings is 1. The molecule has 1 aromatic rings. The summed E-state index contributed by atoms with van der Waals surface area (Å²) in [6.07, 6.45) is 0. The molecular weight excluding hydrogens is 212 g/mol. The summed E-state index contributed by atoms with van der Waals surface area (Å²) >= 11 is 0. The minimum Gasteiger partial charge on any atom is -0.380 e. The van der Waals surface area contributed by atoms with Gasteiger partial charge in [-0.25, -0.2) is 0 Å².